The van der Waals surface area contributed by atoms with Gasteiger partial charge in [0, 0.05) is 21.1 Å². The highest BCUT2D eigenvalue weighted by Gasteiger charge is 2.35. The molecular weight excluding hydrogens is 360 g/mol. The molecule has 108 valence electrons. The molecule has 0 radical (unpaired) electrons. The van der Waals surface area contributed by atoms with Crippen molar-refractivity contribution in [2.24, 2.45) is 0 Å². The quantitative estimate of drug-likeness (QED) is 0.813. The van der Waals surface area contributed by atoms with Gasteiger partial charge in [-0.3, -0.25) is 0 Å². The molecule has 2 rings (SSSR count). The summed E-state index contributed by atoms with van der Waals surface area (Å²) in [5, 5.41) is 1.87. The Morgan fingerprint density at radius 1 is 1.35 bits per heavy atom. The first-order chi connectivity index (χ1) is 9.32. The minimum absolute atomic E-state index is 0.271. The second-order valence-corrected chi connectivity index (χ2v) is 5.93. The lowest BCUT2D eigenvalue weighted by Gasteiger charge is -2.15. The summed E-state index contributed by atoms with van der Waals surface area (Å²) in [5.74, 6) is -0.499. The zero-order valence-electron chi connectivity index (χ0n) is 10.1. The van der Waals surface area contributed by atoms with Crippen molar-refractivity contribution in [3.63, 3.8) is 0 Å². The first-order valence-electron chi connectivity index (χ1n) is 5.48. The molecule has 1 unspecified atom stereocenters. The minimum atomic E-state index is -4.49. The highest BCUT2D eigenvalue weighted by Crippen LogP contribution is 2.36. The van der Waals surface area contributed by atoms with Gasteiger partial charge in [-0.05, 0) is 19.2 Å². The van der Waals surface area contributed by atoms with E-state index >= 15 is 0 Å². The van der Waals surface area contributed by atoms with Crippen LogP contribution in [-0.2, 0) is 6.18 Å². The Bertz CT molecular complexity index is 612. The molecule has 1 heterocycles. The van der Waals surface area contributed by atoms with Crippen molar-refractivity contribution in [3.05, 3.63) is 50.1 Å². The normalized spacial score (nSPS) is 13.5. The number of hydrogen-bond acceptors (Lipinski definition) is 3. The maximum atomic E-state index is 13.9. The predicted molar refractivity (Wildman–Crippen MR) is 72.1 cm³/mol. The summed E-state index contributed by atoms with van der Waals surface area (Å²) in [6, 6.07) is 3.75. The molecule has 20 heavy (non-hydrogen) atoms. The number of aromatic nitrogens is 1. The molecule has 1 aromatic carbocycles. The Kier molecular flexibility index (Phi) is 4.46. The lowest BCUT2D eigenvalue weighted by atomic mass is 10.1. The van der Waals surface area contributed by atoms with Gasteiger partial charge in [0.05, 0.1) is 6.04 Å². The summed E-state index contributed by atoms with van der Waals surface area (Å²) >= 11 is 3.64. The van der Waals surface area contributed by atoms with Crippen molar-refractivity contribution in [1.29, 1.82) is 0 Å². The fourth-order valence-electron chi connectivity index (χ4n) is 1.74. The highest BCUT2D eigenvalue weighted by atomic mass is 79.9. The molecule has 0 bridgehead atoms. The molecule has 1 aromatic heterocycles. The van der Waals surface area contributed by atoms with Crippen LogP contribution in [-0.4, -0.2) is 12.0 Å². The van der Waals surface area contributed by atoms with Gasteiger partial charge in [0.15, 0.2) is 5.01 Å². The van der Waals surface area contributed by atoms with E-state index in [0.29, 0.717) is 20.7 Å². The summed E-state index contributed by atoms with van der Waals surface area (Å²) in [7, 11) is 1.55. The molecule has 0 spiro atoms. The number of halogens is 5. The van der Waals surface area contributed by atoms with Crippen LogP contribution >= 0.6 is 27.3 Å². The molecule has 0 amide bonds. The van der Waals surface area contributed by atoms with E-state index in [9.17, 15) is 17.6 Å². The van der Waals surface area contributed by atoms with Crippen LogP contribution in [0.5, 0.6) is 0 Å². The average molecular weight is 369 g/mol. The van der Waals surface area contributed by atoms with E-state index in [1.165, 1.54) is 12.1 Å². The van der Waals surface area contributed by atoms with E-state index in [-0.39, 0.29) is 5.56 Å². The topological polar surface area (TPSA) is 24.9 Å². The fraction of sp³-hybridized carbons (Fsp3) is 0.250. The predicted octanol–water partition coefficient (Wildman–Crippen LogP) is 4.37. The van der Waals surface area contributed by atoms with Gasteiger partial charge in [-0.1, -0.05) is 22.0 Å². The van der Waals surface area contributed by atoms with Gasteiger partial charge < -0.3 is 5.32 Å². The van der Waals surface area contributed by atoms with E-state index in [1.807, 2.05) is 0 Å². The van der Waals surface area contributed by atoms with Gasteiger partial charge in [0.2, 0.25) is 0 Å². The highest BCUT2D eigenvalue weighted by molar-refractivity contribution is 9.10. The zero-order chi connectivity index (χ0) is 14.9. The molecule has 0 aliphatic heterocycles. The van der Waals surface area contributed by atoms with Crippen molar-refractivity contribution in [1.82, 2.24) is 10.3 Å². The Morgan fingerprint density at radius 2 is 2.05 bits per heavy atom. The maximum absolute atomic E-state index is 13.9. The lowest BCUT2D eigenvalue weighted by molar-refractivity contribution is -0.137. The summed E-state index contributed by atoms with van der Waals surface area (Å²) in [6.07, 6.45) is -3.37. The molecule has 0 fully saturated rings. The molecule has 2 nitrogen and oxygen atoms in total. The smallest absolute Gasteiger partial charge is 0.309 e. The SMILES string of the molecule is CNC(c1cnc(C(F)(F)F)s1)c1ccc(Br)cc1F. The summed E-state index contributed by atoms with van der Waals surface area (Å²) in [4.78, 5) is 3.66. The van der Waals surface area contributed by atoms with Gasteiger partial charge >= 0.3 is 6.18 Å². The van der Waals surface area contributed by atoms with Crippen LogP contribution in [0.4, 0.5) is 17.6 Å². The van der Waals surface area contributed by atoms with Gasteiger partial charge in [-0.15, -0.1) is 11.3 Å². The number of thiazole rings is 1. The number of hydrogen-bond donors (Lipinski definition) is 1. The van der Waals surface area contributed by atoms with E-state index in [4.69, 9.17) is 0 Å². The number of rotatable bonds is 3. The molecule has 1 atom stereocenters. The molecule has 8 heteroatoms. The van der Waals surface area contributed by atoms with Crippen molar-refractivity contribution < 1.29 is 17.6 Å². The molecule has 0 aliphatic rings. The van der Waals surface area contributed by atoms with Crippen LogP contribution in [0.1, 0.15) is 21.5 Å². The molecule has 0 saturated heterocycles. The van der Waals surface area contributed by atoms with Crippen molar-refractivity contribution in [2.45, 2.75) is 12.2 Å². The summed E-state index contributed by atoms with van der Waals surface area (Å²) in [5.41, 5.74) is 0.271. The number of nitrogens with zero attached hydrogens (tertiary/aromatic N) is 1. The van der Waals surface area contributed by atoms with Crippen molar-refractivity contribution >= 4 is 27.3 Å². The van der Waals surface area contributed by atoms with E-state index in [0.717, 1.165) is 6.20 Å². The molecular formula is C12H9BrF4N2S. The second kappa shape index (κ2) is 5.79. The minimum Gasteiger partial charge on any atom is -0.309 e. The van der Waals surface area contributed by atoms with Gasteiger partial charge in [0.1, 0.15) is 5.82 Å². The molecule has 0 saturated carbocycles. The number of benzene rings is 1. The van der Waals surface area contributed by atoms with Gasteiger partial charge in [0.25, 0.3) is 0 Å². The Hall–Kier alpha value is -0.990. The van der Waals surface area contributed by atoms with Crippen molar-refractivity contribution in [2.75, 3.05) is 7.05 Å². The number of alkyl halides is 3. The fourth-order valence-corrected chi connectivity index (χ4v) is 2.98. The van der Waals surface area contributed by atoms with Crippen LogP contribution in [0.2, 0.25) is 0 Å². The van der Waals surface area contributed by atoms with Gasteiger partial charge in [-0.25, -0.2) is 9.37 Å². The monoisotopic (exact) mass is 368 g/mol. The van der Waals surface area contributed by atoms with Crippen LogP contribution in [0.3, 0.4) is 0 Å². The molecule has 1 N–H and O–H groups in total. The third kappa shape index (κ3) is 3.18. The third-order valence-electron chi connectivity index (χ3n) is 2.61. The van der Waals surface area contributed by atoms with E-state index in [2.05, 4.69) is 26.2 Å². The first kappa shape index (κ1) is 15.4. The Morgan fingerprint density at radius 3 is 2.55 bits per heavy atom. The average Bonchev–Trinajstić information content (AvgIpc) is 2.82. The maximum Gasteiger partial charge on any atom is 0.443 e. The Labute approximate surface area is 125 Å². The third-order valence-corrected chi connectivity index (χ3v) is 4.21. The van der Waals surface area contributed by atoms with Crippen LogP contribution in [0.15, 0.2) is 28.9 Å². The zero-order valence-corrected chi connectivity index (χ0v) is 12.5. The van der Waals surface area contributed by atoms with E-state index in [1.54, 1.807) is 13.1 Å². The summed E-state index contributed by atoms with van der Waals surface area (Å²) < 4.78 is 52.1. The second-order valence-electron chi connectivity index (χ2n) is 3.95. The van der Waals surface area contributed by atoms with E-state index < -0.39 is 23.0 Å². The van der Waals surface area contributed by atoms with Crippen LogP contribution in [0.25, 0.3) is 0 Å². The largest absolute Gasteiger partial charge is 0.443 e. The lowest BCUT2D eigenvalue weighted by Crippen LogP contribution is -2.17. The van der Waals surface area contributed by atoms with Crippen LogP contribution < -0.4 is 5.32 Å². The number of nitrogens with one attached hydrogen (secondary N) is 1. The Balaban J connectivity index is 2.40. The molecule has 2 aromatic rings. The molecule has 0 aliphatic carbocycles. The first-order valence-corrected chi connectivity index (χ1v) is 7.09. The standard InChI is InChI=1S/C12H9BrF4N2S/c1-18-10(7-3-2-6(13)4-8(7)14)9-5-19-11(20-9)12(15,16)17/h2-5,10,18H,1H3. The van der Waals surface area contributed by atoms with Crippen LogP contribution in [0, 0.1) is 5.82 Å². The van der Waals surface area contributed by atoms with Crippen molar-refractivity contribution in [3.8, 4) is 0 Å². The van der Waals surface area contributed by atoms with Gasteiger partial charge in [-0.2, -0.15) is 13.2 Å². The summed E-state index contributed by atoms with van der Waals surface area (Å²) in [6.45, 7) is 0.